The Kier molecular flexibility index (Phi) is 11.4. The lowest BCUT2D eigenvalue weighted by atomic mass is 10.2. The molecule has 23 heavy (non-hydrogen) atoms. The molecule has 0 aliphatic carbocycles. The van der Waals surface area contributed by atoms with Crippen molar-refractivity contribution in [3.63, 3.8) is 0 Å². The maximum atomic E-state index is 11.9. The zero-order valence-corrected chi connectivity index (χ0v) is 16.6. The number of nitrogens with one attached hydrogen (secondary N) is 2. The molecule has 0 radical (unpaired) electrons. The van der Waals surface area contributed by atoms with Crippen LogP contribution in [-0.4, -0.2) is 54.4 Å². The first-order valence-corrected chi connectivity index (χ1v) is 10.0. The largest absolute Gasteiger partial charge is 0.356 e. The number of carbonyl (C=O) groups is 2. The van der Waals surface area contributed by atoms with Crippen LogP contribution in [0.3, 0.4) is 0 Å². The SMILES string of the molecule is CCC(COP(C)N(C(C)C)C(C)C)NC(=O)CCNC(C)=O. The zero-order chi connectivity index (χ0) is 18.0. The van der Waals surface area contributed by atoms with Gasteiger partial charge < -0.3 is 15.2 Å². The molecule has 0 heterocycles. The van der Waals surface area contributed by atoms with E-state index in [0.29, 0.717) is 31.7 Å². The minimum atomic E-state index is -0.681. The molecule has 2 atom stereocenters. The Balaban J connectivity index is 4.27. The first-order valence-electron chi connectivity index (χ1n) is 8.37. The molecule has 0 saturated heterocycles. The van der Waals surface area contributed by atoms with Crippen molar-refractivity contribution >= 4 is 20.1 Å². The first kappa shape index (κ1) is 22.3. The number of hydrogen-bond acceptors (Lipinski definition) is 4. The fourth-order valence-corrected chi connectivity index (χ4v) is 4.25. The lowest BCUT2D eigenvalue weighted by molar-refractivity contribution is -0.122. The molecule has 7 heteroatoms. The molecule has 0 aliphatic heterocycles. The van der Waals surface area contributed by atoms with E-state index in [9.17, 15) is 9.59 Å². The third kappa shape index (κ3) is 9.90. The van der Waals surface area contributed by atoms with Gasteiger partial charge in [0.25, 0.3) is 0 Å². The Labute approximate surface area is 142 Å². The highest BCUT2D eigenvalue weighted by atomic mass is 31.2. The van der Waals surface area contributed by atoms with Gasteiger partial charge in [0.05, 0.1) is 12.6 Å². The van der Waals surface area contributed by atoms with Gasteiger partial charge >= 0.3 is 0 Å². The second-order valence-corrected chi connectivity index (χ2v) is 7.88. The van der Waals surface area contributed by atoms with E-state index in [-0.39, 0.29) is 17.9 Å². The Bertz CT molecular complexity index is 356. The van der Waals surface area contributed by atoms with E-state index in [1.165, 1.54) is 6.92 Å². The normalized spacial score (nSPS) is 14.2. The molecule has 2 amide bonds. The lowest BCUT2D eigenvalue weighted by Gasteiger charge is -2.35. The third-order valence-electron chi connectivity index (χ3n) is 3.43. The number of hydrogen-bond donors (Lipinski definition) is 2. The molecule has 0 fully saturated rings. The van der Waals surface area contributed by atoms with E-state index in [0.717, 1.165) is 6.42 Å². The summed E-state index contributed by atoms with van der Waals surface area (Å²) in [6.07, 6.45) is 1.11. The van der Waals surface area contributed by atoms with Gasteiger partial charge in [-0.05, 0) is 40.8 Å². The summed E-state index contributed by atoms with van der Waals surface area (Å²) in [6.45, 7) is 15.1. The van der Waals surface area contributed by atoms with Gasteiger partial charge in [-0.15, -0.1) is 0 Å². The second kappa shape index (κ2) is 11.8. The Morgan fingerprint density at radius 2 is 1.74 bits per heavy atom. The Morgan fingerprint density at radius 1 is 1.17 bits per heavy atom. The quantitative estimate of drug-likeness (QED) is 0.563. The zero-order valence-electron chi connectivity index (χ0n) is 15.7. The second-order valence-electron chi connectivity index (χ2n) is 6.23. The molecule has 2 N–H and O–H groups in total. The number of carbonyl (C=O) groups excluding carboxylic acids is 2. The van der Waals surface area contributed by atoms with E-state index in [4.69, 9.17) is 4.52 Å². The van der Waals surface area contributed by atoms with E-state index < -0.39 is 8.30 Å². The molecule has 0 aromatic heterocycles. The number of rotatable bonds is 11. The smallest absolute Gasteiger partial charge is 0.222 e. The van der Waals surface area contributed by atoms with Crippen LogP contribution < -0.4 is 10.6 Å². The van der Waals surface area contributed by atoms with Gasteiger partial charge in [0.1, 0.15) is 8.30 Å². The van der Waals surface area contributed by atoms with Crippen LogP contribution in [0.1, 0.15) is 54.4 Å². The van der Waals surface area contributed by atoms with Crippen molar-refractivity contribution in [2.45, 2.75) is 72.5 Å². The topological polar surface area (TPSA) is 70.7 Å². The highest BCUT2D eigenvalue weighted by molar-refractivity contribution is 7.49. The fourth-order valence-electron chi connectivity index (χ4n) is 2.42. The van der Waals surface area contributed by atoms with Crippen LogP contribution in [0.15, 0.2) is 0 Å². The average Bonchev–Trinajstić information content (AvgIpc) is 2.42. The number of nitrogens with zero attached hydrogens (tertiary/aromatic N) is 1. The lowest BCUT2D eigenvalue weighted by Crippen LogP contribution is -2.40. The number of amides is 2. The standard InChI is InChI=1S/C16H34N3O3P/c1-8-15(18-16(21)9-10-17-14(6)20)11-22-23(7)19(12(2)3)13(4)5/h12-13,15H,8-11H2,1-7H3,(H,17,20)(H,18,21). The van der Waals surface area contributed by atoms with E-state index in [2.05, 4.69) is 49.7 Å². The summed E-state index contributed by atoms with van der Waals surface area (Å²) in [5, 5.41) is 5.59. The van der Waals surface area contributed by atoms with Gasteiger partial charge in [0.2, 0.25) is 11.8 Å². The minimum Gasteiger partial charge on any atom is -0.356 e. The fraction of sp³-hybridized carbons (Fsp3) is 0.875. The molecule has 0 aromatic rings. The summed E-state index contributed by atoms with van der Waals surface area (Å²) < 4.78 is 8.39. The van der Waals surface area contributed by atoms with Crippen LogP contribution in [0.2, 0.25) is 0 Å². The molecule has 136 valence electrons. The molecule has 6 nitrogen and oxygen atoms in total. The maximum absolute atomic E-state index is 11.9. The van der Waals surface area contributed by atoms with Gasteiger partial charge in [-0.1, -0.05) is 6.92 Å². The molecular formula is C16H34N3O3P. The van der Waals surface area contributed by atoms with Crippen molar-refractivity contribution in [3.8, 4) is 0 Å². The third-order valence-corrected chi connectivity index (χ3v) is 5.53. The molecule has 0 aromatic carbocycles. The highest BCUT2D eigenvalue weighted by Gasteiger charge is 2.22. The van der Waals surface area contributed by atoms with E-state index >= 15 is 0 Å². The summed E-state index contributed by atoms with van der Waals surface area (Å²) in [4.78, 5) is 22.7. The predicted molar refractivity (Wildman–Crippen MR) is 96.4 cm³/mol. The monoisotopic (exact) mass is 347 g/mol. The molecule has 0 spiro atoms. The van der Waals surface area contributed by atoms with Gasteiger partial charge in [-0.25, -0.2) is 0 Å². The van der Waals surface area contributed by atoms with Gasteiger partial charge in [-0.3, -0.25) is 14.3 Å². The van der Waals surface area contributed by atoms with Gasteiger partial charge in [0.15, 0.2) is 0 Å². The van der Waals surface area contributed by atoms with Crippen molar-refractivity contribution < 1.29 is 14.1 Å². The van der Waals surface area contributed by atoms with Crippen LogP contribution in [0, 0.1) is 0 Å². The molecule has 0 rings (SSSR count). The Morgan fingerprint density at radius 3 is 2.17 bits per heavy atom. The summed E-state index contributed by atoms with van der Waals surface area (Å²) in [5.41, 5.74) is 0. The van der Waals surface area contributed by atoms with Crippen molar-refractivity contribution in [1.29, 1.82) is 0 Å². The van der Waals surface area contributed by atoms with E-state index in [1.807, 2.05) is 6.92 Å². The van der Waals surface area contributed by atoms with E-state index in [1.54, 1.807) is 0 Å². The Hall–Kier alpha value is -0.710. The van der Waals surface area contributed by atoms with Gasteiger partial charge in [-0.2, -0.15) is 0 Å². The molecule has 0 saturated carbocycles. The molecule has 2 unspecified atom stereocenters. The van der Waals surface area contributed by atoms with Crippen LogP contribution in [-0.2, 0) is 14.1 Å². The van der Waals surface area contributed by atoms with Crippen LogP contribution in [0.25, 0.3) is 0 Å². The summed E-state index contributed by atoms with van der Waals surface area (Å²) in [6, 6.07) is 0.864. The van der Waals surface area contributed by atoms with Crippen LogP contribution in [0.4, 0.5) is 0 Å². The maximum Gasteiger partial charge on any atom is 0.222 e. The molecule has 0 bridgehead atoms. The summed E-state index contributed by atoms with van der Waals surface area (Å²) in [5.74, 6) is -0.175. The molecule has 0 aliphatic rings. The van der Waals surface area contributed by atoms with Gasteiger partial charge in [0, 0.05) is 32.0 Å². The van der Waals surface area contributed by atoms with Crippen molar-refractivity contribution in [2.24, 2.45) is 0 Å². The van der Waals surface area contributed by atoms with Crippen LogP contribution >= 0.6 is 8.30 Å². The predicted octanol–water partition coefficient (Wildman–Crippen LogP) is 2.48. The average molecular weight is 347 g/mol. The summed E-state index contributed by atoms with van der Waals surface area (Å²) >= 11 is 0. The van der Waals surface area contributed by atoms with Crippen molar-refractivity contribution in [1.82, 2.24) is 15.3 Å². The first-order chi connectivity index (χ1) is 10.7. The molecular weight excluding hydrogens is 313 g/mol. The van der Waals surface area contributed by atoms with Crippen molar-refractivity contribution in [2.75, 3.05) is 19.8 Å². The summed E-state index contributed by atoms with van der Waals surface area (Å²) in [7, 11) is -0.681. The van der Waals surface area contributed by atoms with Crippen LogP contribution in [0.5, 0.6) is 0 Å². The van der Waals surface area contributed by atoms with Crippen molar-refractivity contribution in [3.05, 3.63) is 0 Å². The highest BCUT2D eigenvalue weighted by Crippen LogP contribution is 2.40. The minimum absolute atomic E-state index is 0.00551.